The van der Waals surface area contributed by atoms with E-state index in [0.29, 0.717) is 0 Å². The number of nitrogens with one attached hydrogen (secondary N) is 2. The Morgan fingerprint density at radius 2 is 1.00 bits per heavy atom. The van der Waals surface area contributed by atoms with Gasteiger partial charge in [-0.05, 0) is 48.2 Å². The molecule has 0 aliphatic rings. The van der Waals surface area contributed by atoms with Gasteiger partial charge in [-0.25, -0.2) is 0 Å². The second kappa shape index (κ2) is 8.87. The third kappa shape index (κ3) is 5.54. The van der Waals surface area contributed by atoms with Crippen molar-refractivity contribution in [2.45, 2.75) is 39.5 Å². The molecule has 4 nitrogen and oxygen atoms in total. The van der Waals surface area contributed by atoms with Crippen molar-refractivity contribution >= 4 is 23.2 Å². The molecule has 0 atom stereocenters. The van der Waals surface area contributed by atoms with Crippen molar-refractivity contribution in [3.05, 3.63) is 59.7 Å². The number of aryl methyl sites for hydroxylation is 2. The summed E-state index contributed by atoms with van der Waals surface area (Å²) >= 11 is 0. The van der Waals surface area contributed by atoms with E-state index in [-0.39, 0.29) is 24.7 Å². The first-order valence-electron chi connectivity index (χ1n) is 8.38. The van der Waals surface area contributed by atoms with Crippen molar-refractivity contribution in [2.24, 2.45) is 0 Å². The maximum atomic E-state index is 11.9. The lowest BCUT2D eigenvalue weighted by Crippen LogP contribution is -2.17. The summed E-state index contributed by atoms with van der Waals surface area (Å²) < 4.78 is 0. The van der Waals surface area contributed by atoms with Crippen molar-refractivity contribution in [1.29, 1.82) is 0 Å². The van der Waals surface area contributed by atoms with Gasteiger partial charge in [0.25, 0.3) is 0 Å². The summed E-state index contributed by atoms with van der Waals surface area (Å²) in [5.74, 6) is -0.313. The molecule has 0 aliphatic heterocycles. The Labute approximate surface area is 143 Å². The van der Waals surface area contributed by atoms with E-state index >= 15 is 0 Å². The lowest BCUT2D eigenvalue weighted by atomic mass is 10.1. The van der Waals surface area contributed by atoms with Gasteiger partial charge in [-0.15, -0.1) is 0 Å². The molecule has 0 unspecified atom stereocenters. The molecule has 0 radical (unpaired) electrons. The van der Waals surface area contributed by atoms with E-state index in [1.54, 1.807) is 0 Å². The Morgan fingerprint density at radius 1 is 0.667 bits per heavy atom. The van der Waals surface area contributed by atoms with Gasteiger partial charge in [0, 0.05) is 24.2 Å². The first kappa shape index (κ1) is 17.7. The fraction of sp³-hybridized carbons (Fsp3) is 0.300. The Morgan fingerprint density at radius 3 is 1.29 bits per heavy atom. The normalized spacial score (nSPS) is 10.2. The highest BCUT2D eigenvalue weighted by Crippen LogP contribution is 2.12. The topological polar surface area (TPSA) is 58.2 Å². The first-order chi connectivity index (χ1) is 11.6. The Balaban J connectivity index is 1.76. The fourth-order valence-electron chi connectivity index (χ4n) is 2.32. The zero-order chi connectivity index (χ0) is 17.4. The first-order valence-corrected chi connectivity index (χ1v) is 8.38. The average Bonchev–Trinajstić information content (AvgIpc) is 2.61. The third-order valence-electron chi connectivity index (χ3n) is 3.87. The smallest absolute Gasteiger partial charge is 0.224 e. The van der Waals surface area contributed by atoms with E-state index < -0.39 is 0 Å². The van der Waals surface area contributed by atoms with E-state index in [2.05, 4.69) is 24.5 Å². The minimum absolute atomic E-state index is 0.157. The fourth-order valence-corrected chi connectivity index (χ4v) is 2.32. The van der Waals surface area contributed by atoms with Crippen molar-refractivity contribution < 1.29 is 9.59 Å². The molecule has 2 aromatic carbocycles. The van der Waals surface area contributed by atoms with Gasteiger partial charge in [-0.2, -0.15) is 0 Å². The van der Waals surface area contributed by atoms with Crippen LogP contribution in [0.5, 0.6) is 0 Å². The summed E-state index contributed by atoms with van der Waals surface area (Å²) in [6.07, 6.45) is 2.25. The van der Waals surface area contributed by atoms with Gasteiger partial charge in [0.15, 0.2) is 0 Å². The number of hydrogen-bond acceptors (Lipinski definition) is 2. The van der Waals surface area contributed by atoms with Crippen LogP contribution in [0.1, 0.15) is 37.8 Å². The third-order valence-corrected chi connectivity index (χ3v) is 3.87. The van der Waals surface area contributed by atoms with E-state index in [1.807, 2.05) is 48.5 Å². The molecule has 0 saturated heterocycles. The maximum absolute atomic E-state index is 11.9. The molecule has 126 valence electrons. The Kier molecular flexibility index (Phi) is 6.55. The molecule has 0 saturated carbocycles. The minimum Gasteiger partial charge on any atom is -0.326 e. The molecule has 0 heterocycles. The van der Waals surface area contributed by atoms with Gasteiger partial charge in [0.05, 0.1) is 0 Å². The van der Waals surface area contributed by atoms with Gasteiger partial charge in [0.2, 0.25) is 11.8 Å². The lowest BCUT2D eigenvalue weighted by molar-refractivity contribution is -0.121. The second-order valence-corrected chi connectivity index (χ2v) is 5.70. The molecule has 2 aromatic rings. The molecule has 4 heteroatoms. The molecule has 0 fully saturated rings. The van der Waals surface area contributed by atoms with Gasteiger partial charge < -0.3 is 10.6 Å². The predicted molar refractivity (Wildman–Crippen MR) is 98.1 cm³/mol. The van der Waals surface area contributed by atoms with Crippen LogP contribution in [0.4, 0.5) is 11.4 Å². The molecule has 0 aliphatic carbocycles. The highest BCUT2D eigenvalue weighted by atomic mass is 16.2. The van der Waals surface area contributed by atoms with Crippen molar-refractivity contribution in [1.82, 2.24) is 0 Å². The van der Waals surface area contributed by atoms with Crippen molar-refractivity contribution in [2.75, 3.05) is 10.6 Å². The molecule has 0 bridgehead atoms. The van der Waals surface area contributed by atoms with E-state index in [4.69, 9.17) is 0 Å². The van der Waals surface area contributed by atoms with Crippen LogP contribution < -0.4 is 10.6 Å². The van der Waals surface area contributed by atoms with Crippen LogP contribution in [-0.2, 0) is 22.4 Å². The highest BCUT2D eigenvalue weighted by molar-refractivity contribution is 5.96. The minimum atomic E-state index is -0.157. The standard InChI is InChI=1S/C20H24N2O2/c1-3-15-5-9-17(10-6-15)21-19(23)13-14-20(24)22-18-11-7-16(4-2)8-12-18/h5-12H,3-4,13-14H2,1-2H3,(H,21,23)(H,22,24). The van der Waals surface area contributed by atoms with Crippen LogP contribution in [-0.4, -0.2) is 11.8 Å². The Bertz CT molecular complexity index is 614. The average molecular weight is 324 g/mol. The summed E-state index contributed by atoms with van der Waals surface area (Å²) in [6, 6.07) is 15.5. The lowest BCUT2D eigenvalue weighted by Gasteiger charge is -2.07. The number of carbonyl (C=O) groups excluding carboxylic acids is 2. The SMILES string of the molecule is CCc1ccc(NC(=O)CCC(=O)Nc2ccc(CC)cc2)cc1. The molecule has 0 spiro atoms. The number of benzene rings is 2. The molecular weight excluding hydrogens is 300 g/mol. The summed E-state index contributed by atoms with van der Waals surface area (Å²) in [5.41, 5.74) is 3.96. The van der Waals surface area contributed by atoms with E-state index in [9.17, 15) is 9.59 Å². The van der Waals surface area contributed by atoms with Gasteiger partial charge in [0.1, 0.15) is 0 Å². The molecular formula is C20H24N2O2. The van der Waals surface area contributed by atoms with Gasteiger partial charge >= 0.3 is 0 Å². The van der Waals surface area contributed by atoms with Crippen molar-refractivity contribution in [3.63, 3.8) is 0 Å². The summed E-state index contributed by atoms with van der Waals surface area (Å²) in [5, 5.41) is 5.62. The molecule has 24 heavy (non-hydrogen) atoms. The zero-order valence-corrected chi connectivity index (χ0v) is 14.3. The number of hydrogen-bond donors (Lipinski definition) is 2. The quantitative estimate of drug-likeness (QED) is 0.803. The van der Waals surface area contributed by atoms with E-state index in [1.165, 1.54) is 11.1 Å². The summed E-state index contributed by atoms with van der Waals surface area (Å²) in [6.45, 7) is 4.17. The highest BCUT2D eigenvalue weighted by Gasteiger charge is 2.08. The molecule has 2 rings (SSSR count). The van der Waals surface area contributed by atoms with Crippen LogP contribution in [0.2, 0.25) is 0 Å². The van der Waals surface area contributed by atoms with Crippen LogP contribution in [0, 0.1) is 0 Å². The largest absolute Gasteiger partial charge is 0.326 e. The number of amides is 2. The number of carbonyl (C=O) groups is 2. The molecule has 2 N–H and O–H groups in total. The monoisotopic (exact) mass is 324 g/mol. The van der Waals surface area contributed by atoms with Crippen LogP contribution in [0.25, 0.3) is 0 Å². The maximum Gasteiger partial charge on any atom is 0.224 e. The Hall–Kier alpha value is -2.62. The predicted octanol–water partition coefficient (Wildman–Crippen LogP) is 4.17. The van der Waals surface area contributed by atoms with Crippen LogP contribution >= 0.6 is 0 Å². The summed E-state index contributed by atoms with van der Waals surface area (Å²) in [4.78, 5) is 23.8. The summed E-state index contributed by atoms with van der Waals surface area (Å²) in [7, 11) is 0. The van der Waals surface area contributed by atoms with Crippen LogP contribution in [0.3, 0.4) is 0 Å². The van der Waals surface area contributed by atoms with Gasteiger partial charge in [-0.1, -0.05) is 38.1 Å². The second-order valence-electron chi connectivity index (χ2n) is 5.70. The number of rotatable bonds is 7. The van der Waals surface area contributed by atoms with Gasteiger partial charge in [-0.3, -0.25) is 9.59 Å². The van der Waals surface area contributed by atoms with Crippen molar-refractivity contribution in [3.8, 4) is 0 Å². The van der Waals surface area contributed by atoms with E-state index in [0.717, 1.165) is 24.2 Å². The van der Waals surface area contributed by atoms with Crippen LogP contribution in [0.15, 0.2) is 48.5 Å². The molecule has 2 amide bonds. The molecule has 0 aromatic heterocycles. The number of anilines is 2. The zero-order valence-electron chi connectivity index (χ0n) is 14.3.